The Bertz CT molecular complexity index is 1400. The summed E-state index contributed by atoms with van der Waals surface area (Å²) in [6.45, 7) is 11.1. The summed E-state index contributed by atoms with van der Waals surface area (Å²) in [6.07, 6.45) is -0.0264. The second-order valence-corrected chi connectivity index (χ2v) is 15.6. The van der Waals surface area contributed by atoms with Crippen molar-refractivity contribution in [1.82, 2.24) is 0 Å². The maximum absolute atomic E-state index is 13.6. The summed E-state index contributed by atoms with van der Waals surface area (Å²) in [7, 11) is -2.14. The fourth-order valence-electron chi connectivity index (χ4n) is 4.32. The molecule has 3 aromatic carbocycles. The van der Waals surface area contributed by atoms with Crippen molar-refractivity contribution in [2.45, 2.75) is 64.3 Å². The maximum Gasteiger partial charge on any atom is 0.303 e. The van der Waals surface area contributed by atoms with Gasteiger partial charge >= 0.3 is 5.97 Å². The van der Waals surface area contributed by atoms with Crippen LogP contribution in [0.15, 0.2) is 71.1 Å². The van der Waals surface area contributed by atoms with Crippen molar-refractivity contribution in [3.8, 4) is 0 Å². The van der Waals surface area contributed by atoms with E-state index in [1.54, 1.807) is 0 Å². The van der Waals surface area contributed by atoms with Gasteiger partial charge in [-0.15, -0.1) is 0 Å². The molecule has 36 heavy (non-hydrogen) atoms. The SMILES string of the molecule is CC(C)(C)[Si](C)(C)OC(Cc1ccc2oc3ccccc3c2c1C(=O)CCC(=O)O)c1ccccc1. The third kappa shape index (κ3) is 5.30. The lowest BCUT2D eigenvalue weighted by Crippen LogP contribution is -2.42. The number of carbonyl (C=O) groups excluding carboxylic acids is 1. The number of aliphatic carboxylic acids is 1. The van der Waals surface area contributed by atoms with Crippen molar-refractivity contribution in [2.75, 3.05) is 0 Å². The van der Waals surface area contributed by atoms with E-state index in [1.807, 2.05) is 54.6 Å². The Hall–Kier alpha value is -3.22. The molecule has 6 heteroatoms. The molecule has 0 amide bonds. The number of carboxylic acids is 1. The lowest BCUT2D eigenvalue weighted by atomic mass is 9.91. The summed E-state index contributed by atoms with van der Waals surface area (Å²) in [5.74, 6) is -1.18. The number of rotatable bonds is 9. The van der Waals surface area contributed by atoms with Gasteiger partial charge in [0.1, 0.15) is 11.2 Å². The average Bonchev–Trinajstić information content (AvgIpc) is 3.20. The van der Waals surface area contributed by atoms with Crippen LogP contribution in [0.2, 0.25) is 18.1 Å². The zero-order valence-electron chi connectivity index (χ0n) is 21.6. The van der Waals surface area contributed by atoms with E-state index in [-0.39, 0.29) is 29.8 Å². The van der Waals surface area contributed by atoms with Crippen molar-refractivity contribution in [3.05, 3.63) is 83.4 Å². The van der Waals surface area contributed by atoms with Crippen LogP contribution in [-0.2, 0) is 15.6 Å². The molecule has 0 radical (unpaired) electrons. The summed E-state index contributed by atoms with van der Waals surface area (Å²) in [6, 6.07) is 21.6. The predicted molar refractivity (Wildman–Crippen MR) is 146 cm³/mol. The number of fused-ring (bicyclic) bond motifs is 3. The van der Waals surface area contributed by atoms with Gasteiger partial charge in [-0.3, -0.25) is 9.59 Å². The number of hydrogen-bond donors (Lipinski definition) is 1. The van der Waals surface area contributed by atoms with Gasteiger partial charge in [0.25, 0.3) is 0 Å². The standard InChI is InChI=1S/C30H34O5Si/c1-30(2,3)36(4,5)35-26(20-11-7-6-8-12-20)19-21-15-17-25-29(22-13-9-10-14-24(22)34-25)28(21)23(31)16-18-27(32)33/h6-15,17,26H,16,18-19H2,1-5H3,(H,32,33). The maximum atomic E-state index is 13.6. The van der Waals surface area contributed by atoms with Crippen molar-refractivity contribution >= 4 is 42.0 Å². The Morgan fingerprint density at radius 2 is 1.58 bits per heavy atom. The minimum atomic E-state index is -2.14. The molecule has 4 rings (SSSR count). The highest BCUT2D eigenvalue weighted by Crippen LogP contribution is 2.42. The molecule has 0 aliphatic carbocycles. The Morgan fingerprint density at radius 1 is 0.917 bits per heavy atom. The molecular formula is C30H34O5Si. The number of ketones is 1. The van der Waals surface area contributed by atoms with Crippen LogP contribution in [0.4, 0.5) is 0 Å². The van der Waals surface area contributed by atoms with Crippen LogP contribution in [0.3, 0.4) is 0 Å². The third-order valence-corrected chi connectivity index (χ3v) is 11.8. The molecular weight excluding hydrogens is 468 g/mol. The van der Waals surface area contributed by atoms with Gasteiger partial charge in [0, 0.05) is 29.2 Å². The molecule has 188 valence electrons. The van der Waals surface area contributed by atoms with Gasteiger partial charge < -0.3 is 13.9 Å². The average molecular weight is 503 g/mol. The van der Waals surface area contributed by atoms with Gasteiger partial charge in [-0.2, -0.15) is 0 Å². The Kier molecular flexibility index (Phi) is 7.21. The van der Waals surface area contributed by atoms with E-state index in [0.29, 0.717) is 23.2 Å². The highest BCUT2D eigenvalue weighted by Gasteiger charge is 2.39. The van der Waals surface area contributed by atoms with Crippen LogP contribution in [0.1, 0.15) is 61.2 Å². The molecule has 0 saturated carbocycles. The second-order valence-electron chi connectivity index (χ2n) is 10.9. The van der Waals surface area contributed by atoms with Crippen molar-refractivity contribution in [3.63, 3.8) is 0 Å². The first kappa shape index (κ1) is 25.9. The number of Topliss-reactive ketones (excluding diaryl/α,β-unsaturated/α-hetero) is 1. The van der Waals surface area contributed by atoms with E-state index in [9.17, 15) is 14.7 Å². The summed E-state index contributed by atoms with van der Waals surface area (Å²) in [5, 5.41) is 10.9. The van der Waals surface area contributed by atoms with Gasteiger partial charge in [0.05, 0.1) is 12.5 Å². The smallest absolute Gasteiger partial charge is 0.303 e. The van der Waals surface area contributed by atoms with Crippen LogP contribution < -0.4 is 0 Å². The number of carboxylic acid groups (broad SMARTS) is 1. The highest BCUT2D eigenvalue weighted by molar-refractivity contribution is 6.74. The molecule has 0 aliphatic heterocycles. The summed E-state index contributed by atoms with van der Waals surface area (Å²) in [5.41, 5.74) is 3.77. The zero-order chi connectivity index (χ0) is 26.1. The van der Waals surface area contributed by atoms with Crippen molar-refractivity contribution < 1.29 is 23.5 Å². The lowest BCUT2D eigenvalue weighted by Gasteiger charge is -2.39. The first-order valence-electron chi connectivity index (χ1n) is 12.4. The molecule has 0 aliphatic rings. The van der Waals surface area contributed by atoms with Crippen molar-refractivity contribution in [1.29, 1.82) is 0 Å². The monoisotopic (exact) mass is 502 g/mol. The first-order chi connectivity index (χ1) is 17.0. The molecule has 5 nitrogen and oxygen atoms in total. The number of carbonyl (C=O) groups is 2. The number of furan rings is 1. The molecule has 1 unspecified atom stereocenters. The van der Waals surface area contributed by atoms with Crippen LogP contribution in [-0.4, -0.2) is 25.2 Å². The van der Waals surface area contributed by atoms with E-state index in [0.717, 1.165) is 21.9 Å². The largest absolute Gasteiger partial charge is 0.481 e. The van der Waals surface area contributed by atoms with Crippen molar-refractivity contribution in [2.24, 2.45) is 0 Å². The van der Waals surface area contributed by atoms with Gasteiger partial charge in [-0.05, 0) is 41.4 Å². The number of hydrogen-bond acceptors (Lipinski definition) is 4. The van der Waals surface area contributed by atoms with Crippen LogP contribution >= 0.6 is 0 Å². The van der Waals surface area contributed by atoms with Gasteiger partial charge in [-0.1, -0.05) is 75.4 Å². The van der Waals surface area contributed by atoms with E-state index in [2.05, 4.69) is 46.0 Å². The van der Waals surface area contributed by atoms with Crippen LogP contribution in [0.25, 0.3) is 21.9 Å². The topological polar surface area (TPSA) is 76.7 Å². The van der Waals surface area contributed by atoms with E-state index < -0.39 is 14.3 Å². The molecule has 0 saturated heterocycles. The predicted octanol–water partition coefficient (Wildman–Crippen LogP) is 7.94. The minimum absolute atomic E-state index is 0.0187. The highest BCUT2D eigenvalue weighted by atomic mass is 28.4. The van der Waals surface area contributed by atoms with E-state index in [1.165, 1.54) is 0 Å². The Balaban J connectivity index is 1.86. The Morgan fingerprint density at radius 3 is 2.25 bits per heavy atom. The van der Waals surface area contributed by atoms with Crippen LogP contribution in [0.5, 0.6) is 0 Å². The van der Waals surface area contributed by atoms with Crippen LogP contribution in [0, 0.1) is 0 Å². The number of benzene rings is 3. The number of para-hydroxylation sites is 1. The second kappa shape index (κ2) is 10.0. The zero-order valence-corrected chi connectivity index (χ0v) is 22.6. The summed E-state index contributed by atoms with van der Waals surface area (Å²) < 4.78 is 13.0. The molecule has 0 spiro atoms. The van der Waals surface area contributed by atoms with E-state index in [4.69, 9.17) is 8.84 Å². The third-order valence-electron chi connectivity index (χ3n) is 7.29. The van der Waals surface area contributed by atoms with Gasteiger partial charge in [0.15, 0.2) is 14.1 Å². The normalized spacial score (nSPS) is 13.2. The fourth-order valence-corrected chi connectivity index (χ4v) is 5.61. The Labute approximate surface area is 213 Å². The van der Waals surface area contributed by atoms with Gasteiger partial charge in [0.2, 0.25) is 0 Å². The summed E-state index contributed by atoms with van der Waals surface area (Å²) >= 11 is 0. The summed E-state index contributed by atoms with van der Waals surface area (Å²) in [4.78, 5) is 24.8. The fraction of sp³-hybridized carbons (Fsp3) is 0.333. The molecule has 1 N–H and O–H groups in total. The molecule has 0 fully saturated rings. The molecule has 1 heterocycles. The van der Waals surface area contributed by atoms with E-state index >= 15 is 0 Å². The molecule has 4 aromatic rings. The molecule has 1 atom stereocenters. The quantitative estimate of drug-likeness (QED) is 0.186. The molecule has 0 bridgehead atoms. The lowest BCUT2D eigenvalue weighted by molar-refractivity contribution is -0.136. The first-order valence-corrected chi connectivity index (χ1v) is 15.3. The minimum Gasteiger partial charge on any atom is -0.481 e. The van der Waals surface area contributed by atoms with Gasteiger partial charge in [-0.25, -0.2) is 0 Å². The molecule has 1 aromatic heterocycles.